The SMILES string of the molecule is CNCC#Cc1ccc2cc(C(=O)O)ccc2c1. The predicted molar refractivity (Wildman–Crippen MR) is 71.7 cm³/mol. The van der Waals surface area contributed by atoms with E-state index in [2.05, 4.69) is 17.2 Å². The van der Waals surface area contributed by atoms with E-state index < -0.39 is 5.97 Å². The van der Waals surface area contributed by atoms with E-state index in [0.29, 0.717) is 12.1 Å². The second kappa shape index (κ2) is 5.35. The Labute approximate surface area is 105 Å². The molecule has 0 aromatic heterocycles. The monoisotopic (exact) mass is 239 g/mol. The van der Waals surface area contributed by atoms with Crippen molar-refractivity contribution in [3.05, 3.63) is 47.5 Å². The zero-order valence-electron chi connectivity index (χ0n) is 10.0. The Morgan fingerprint density at radius 3 is 2.67 bits per heavy atom. The number of hydrogen-bond acceptors (Lipinski definition) is 2. The van der Waals surface area contributed by atoms with Crippen LogP contribution in [-0.4, -0.2) is 24.7 Å². The molecule has 0 radical (unpaired) electrons. The number of rotatable bonds is 2. The molecule has 3 heteroatoms. The summed E-state index contributed by atoms with van der Waals surface area (Å²) in [5.41, 5.74) is 1.23. The lowest BCUT2D eigenvalue weighted by molar-refractivity contribution is 0.0697. The van der Waals surface area contributed by atoms with Gasteiger partial charge in [0.15, 0.2) is 0 Å². The zero-order valence-corrected chi connectivity index (χ0v) is 10.0. The fourth-order valence-electron chi connectivity index (χ4n) is 1.69. The molecule has 0 bridgehead atoms. The highest BCUT2D eigenvalue weighted by atomic mass is 16.4. The average molecular weight is 239 g/mol. The molecule has 0 fully saturated rings. The number of benzene rings is 2. The van der Waals surface area contributed by atoms with Crippen LogP contribution in [0.15, 0.2) is 36.4 Å². The van der Waals surface area contributed by atoms with Crippen molar-refractivity contribution in [1.82, 2.24) is 5.32 Å². The van der Waals surface area contributed by atoms with E-state index in [-0.39, 0.29) is 0 Å². The number of hydrogen-bond donors (Lipinski definition) is 2. The van der Waals surface area contributed by atoms with Gasteiger partial charge >= 0.3 is 5.97 Å². The first-order valence-corrected chi connectivity index (χ1v) is 5.61. The summed E-state index contributed by atoms with van der Waals surface area (Å²) in [6.45, 7) is 0.649. The molecule has 2 aromatic carbocycles. The second-order valence-electron chi connectivity index (χ2n) is 3.91. The molecule has 0 amide bonds. The lowest BCUT2D eigenvalue weighted by atomic mass is 10.0. The lowest BCUT2D eigenvalue weighted by Crippen LogP contribution is -2.04. The Morgan fingerprint density at radius 1 is 1.22 bits per heavy atom. The van der Waals surface area contributed by atoms with Gasteiger partial charge in [-0.15, -0.1) is 0 Å². The second-order valence-corrected chi connectivity index (χ2v) is 3.91. The Hall–Kier alpha value is -2.31. The van der Waals surface area contributed by atoms with Gasteiger partial charge in [0.25, 0.3) is 0 Å². The molecular formula is C15H13NO2. The third-order valence-electron chi connectivity index (χ3n) is 2.59. The minimum atomic E-state index is -0.908. The average Bonchev–Trinajstić information content (AvgIpc) is 2.38. The van der Waals surface area contributed by atoms with Gasteiger partial charge < -0.3 is 10.4 Å². The largest absolute Gasteiger partial charge is 0.478 e. The van der Waals surface area contributed by atoms with E-state index >= 15 is 0 Å². The van der Waals surface area contributed by atoms with Gasteiger partial charge in [0.1, 0.15) is 0 Å². The van der Waals surface area contributed by atoms with Gasteiger partial charge in [0, 0.05) is 5.56 Å². The zero-order chi connectivity index (χ0) is 13.0. The molecule has 0 atom stereocenters. The van der Waals surface area contributed by atoms with Gasteiger partial charge in [-0.3, -0.25) is 0 Å². The topological polar surface area (TPSA) is 49.3 Å². The molecule has 0 heterocycles. The number of nitrogens with one attached hydrogen (secondary N) is 1. The molecule has 2 rings (SSSR count). The molecule has 2 N–H and O–H groups in total. The number of fused-ring (bicyclic) bond motifs is 1. The molecule has 0 saturated carbocycles. The van der Waals surface area contributed by atoms with E-state index in [0.717, 1.165) is 16.3 Å². The Morgan fingerprint density at radius 2 is 1.94 bits per heavy atom. The fraction of sp³-hybridized carbons (Fsp3) is 0.133. The minimum Gasteiger partial charge on any atom is -0.478 e. The number of aromatic carboxylic acids is 1. The first-order chi connectivity index (χ1) is 8.70. The van der Waals surface area contributed by atoms with Crippen molar-refractivity contribution in [2.24, 2.45) is 0 Å². The number of carboxylic acid groups (broad SMARTS) is 1. The molecule has 3 nitrogen and oxygen atoms in total. The Balaban J connectivity index is 2.39. The molecule has 0 aliphatic carbocycles. The summed E-state index contributed by atoms with van der Waals surface area (Å²) < 4.78 is 0. The summed E-state index contributed by atoms with van der Waals surface area (Å²) >= 11 is 0. The normalized spacial score (nSPS) is 9.83. The first-order valence-electron chi connectivity index (χ1n) is 5.61. The van der Waals surface area contributed by atoms with Crippen LogP contribution >= 0.6 is 0 Å². The highest BCUT2D eigenvalue weighted by Gasteiger charge is 2.03. The standard InChI is InChI=1S/C15H13NO2/c1-16-8-2-3-11-4-5-13-10-14(15(17)18)7-6-12(13)9-11/h4-7,9-10,16H,8H2,1H3,(H,17,18). The summed E-state index contributed by atoms with van der Waals surface area (Å²) in [5.74, 6) is 5.13. The fourth-order valence-corrected chi connectivity index (χ4v) is 1.69. The molecule has 0 aliphatic heterocycles. The summed E-state index contributed by atoms with van der Waals surface area (Å²) in [5, 5.41) is 13.8. The molecule has 0 aliphatic rings. The van der Waals surface area contributed by atoms with Crippen LogP contribution in [0.3, 0.4) is 0 Å². The molecule has 0 unspecified atom stereocenters. The molecule has 0 spiro atoms. The lowest BCUT2D eigenvalue weighted by Gasteiger charge is -2.00. The van der Waals surface area contributed by atoms with E-state index in [1.165, 1.54) is 0 Å². The van der Waals surface area contributed by atoms with E-state index in [1.54, 1.807) is 12.1 Å². The van der Waals surface area contributed by atoms with Crippen molar-refractivity contribution in [3.8, 4) is 11.8 Å². The molecule has 0 saturated heterocycles. The Bertz CT molecular complexity index is 650. The third kappa shape index (κ3) is 2.68. The minimum absolute atomic E-state index is 0.302. The van der Waals surface area contributed by atoms with Gasteiger partial charge in [-0.2, -0.15) is 0 Å². The highest BCUT2D eigenvalue weighted by Crippen LogP contribution is 2.17. The summed E-state index contributed by atoms with van der Waals surface area (Å²) in [6.07, 6.45) is 0. The van der Waals surface area contributed by atoms with Gasteiger partial charge in [0.05, 0.1) is 12.1 Å². The van der Waals surface area contributed by atoms with Crippen LogP contribution in [0.4, 0.5) is 0 Å². The highest BCUT2D eigenvalue weighted by molar-refractivity contribution is 5.94. The van der Waals surface area contributed by atoms with Crippen molar-refractivity contribution in [3.63, 3.8) is 0 Å². The van der Waals surface area contributed by atoms with Gasteiger partial charge in [-0.05, 0) is 42.1 Å². The van der Waals surface area contributed by atoms with Crippen LogP contribution in [0.25, 0.3) is 10.8 Å². The van der Waals surface area contributed by atoms with E-state index in [1.807, 2.05) is 31.3 Å². The summed E-state index contributed by atoms with van der Waals surface area (Å²) in [6, 6.07) is 10.8. The van der Waals surface area contributed by atoms with Crippen molar-refractivity contribution in [2.75, 3.05) is 13.6 Å². The summed E-state index contributed by atoms with van der Waals surface area (Å²) in [7, 11) is 1.85. The molecular weight excluding hydrogens is 226 g/mol. The third-order valence-corrected chi connectivity index (χ3v) is 2.59. The Kier molecular flexibility index (Phi) is 3.61. The predicted octanol–water partition coefficient (Wildman–Crippen LogP) is 2.11. The van der Waals surface area contributed by atoms with Crippen LogP contribution in [0.2, 0.25) is 0 Å². The van der Waals surface area contributed by atoms with Gasteiger partial charge in [-0.25, -0.2) is 4.79 Å². The van der Waals surface area contributed by atoms with Gasteiger partial charge in [-0.1, -0.05) is 24.0 Å². The van der Waals surface area contributed by atoms with Crippen LogP contribution in [-0.2, 0) is 0 Å². The van der Waals surface area contributed by atoms with Gasteiger partial charge in [0.2, 0.25) is 0 Å². The summed E-state index contributed by atoms with van der Waals surface area (Å²) in [4.78, 5) is 10.9. The van der Waals surface area contributed by atoms with Crippen LogP contribution in [0, 0.1) is 11.8 Å². The number of carbonyl (C=O) groups is 1. The van der Waals surface area contributed by atoms with E-state index in [4.69, 9.17) is 5.11 Å². The van der Waals surface area contributed by atoms with Crippen LogP contribution in [0.5, 0.6) is 0 Å². The maximum Gasteiger partial charge on any atom is 0.335 e. The van der Waals surface area contributed by atoms with Crippen molar-refractivity contribution < 1.29 is 9.90 Å². The van der Waals surface area contributed by atoms with Crippen LogP contribution < -0.4 is 5.32 Å². The molecule has 2 aromatic rings. The smallest absolute Gasteiger partial charge is 0.335 e. The van der Waals surface area contributed by atoms with E-state index in [9.17, 15) is 4.79 Å². The van der Waals surface area contributed by atoms with Crippen molar-refractivity contribution >= 4 is 16.7 Å². The van der Waals surface area contributed by atoms with Crippen LogP contribution in [0.1, 0.15) is 15.9 Å². The van der Waals surface area contributed by atoms with Crippen molar-refractivity contribution in [2.45, 2.75) is 0 Å². The first kappa shape index (κ1) is 12.2. The molecule has 90 valence electrons. The van der Waals surface area contributed by atoms with Crippen molar-refractivity contribution in [1.29, 1.82) is 0 Å². The molecule has 18 heavy (non-hydrogen) atoms. The number of carboxylic acids is 1. The quantitative estimate of drug-likeness (QED) is 0.789. The maximum absolute atomic E-state index is 10.9. The maximum atomic E-state index is 10.9.